The minimum atomic E-state index is -0.639. The number of ether oxygens (including phenoxy) is 1. The van der Waals surface area contributed by atoms with Gasteiger partial charge in [-0.2, -0.15) is 5.10 Å². The Morgan fingerprint density at radius 1 is 1.19 bits per heavy atom. The second-order valence-electron chi connectivity index (χ2n) is 7.49. The van der Waals surface area contributed by atoms with Crippen molar-refractivity contribution in [1.82, 2.24) is 20.5 Å². The Morgan fingerprint density at radius 2 is 1.97 bits per heavy atom. The molecule has 0 radical (unpaired) electrons. The number of H-pyrrole nitrogens is 1. The highest BCUT2D eigenvalue weighted by atomic mass is 32.1. The van der Waals surface area contributed by atoms with Gasteiger partial charge in [-0.25, -0.2) is 4.98 Å². The summed E-state index contributed by atoms with van der Waals surface area (Å²) in [5.74, 6) is 1.02. The summed E-state index contributed by atoms with van der Waals surface area (Å²) in [6, 6.07) is 8.73. The highest BCUT2D eigenvalue weighted by molar-refractivity contribution is 7.13. The second-order valence-corrected chi connectivity index (χ2v) is 8.35. The molecule has 3 N–H and O–H groups in total. The van der Waals surface area contributed by atoms with E-state index >= 15 is 0 Å². The highest BCUT2D eigenvalue weighted by Gasteiger charge is 2.23. The van der Waals surface area contributed by atoms with Crippen molar-refractivity contribution >= 4 is 29.0 Å². The normalized spacial score (nSPS) is 11.9. The van der Waals surface area contributed by atoms with Gasteiger partial charge in [0.1, 0.15) is 22.6 Å². The third-order valence-corrected chi connectivity index (χ3v) is 5.36. The molecule has 0 aliphatic carbocycles. The van der Waals surface area contributed by atoms with Gasteiger partial charge < -0.3 is 15.4 Å². The van der Waals surface area contributed by atoms with Crippen LogP contribution >= 0.6 is 11.3 Å². The molecule has 8 nitrogen and oxygen atoms in total. The average Bonchev–Trinajstić information content (AvgIpc) is 3.40. The van der Waals surface area contributed by atoms with E-state index < -0.39 is 6.04 Å². The fraction of sp³-hybridized carbons (Fsp3) is 0.364. The van der Waals surface area contributed by atoms with Crippen molar-refractivity contribution in [1.29, 1.82) is 0 Å². The average molecular weight is 442 g/mol. The molecule has 2 aromatic heterocycles. The Balaban J connectivity index is 1.60. The molecule has 0 spiro atoms. The van der Waals surface area contributed by atoms with Gasteiger partial charge in [-0.1, -0.05) is 13.8 Å². The van der Waals surface area contributed by atoms with Gasteiger partial charge in [0.25, 0.3) is 0 Å². The molecule has 9 heteroatoms. The molecule has 0 bridgehead atoms. The van der Waals surface area contributed by atoms with Crippen molar-refractivity contribution in [3.63, 3.8) is 0 Å². The summed E-state index contributed by atoms with van der Waals surface area (Å²) in [5, 5.41) is 14.8. The van der Waals surface area contributed by atoms with E-state index in [1.54, 1.807) is 12.3 Å². The number of carbonyl (C=O) groups is 2. The topological polar surface area (TPSA) is 109 Å². The number of rotatable bonds is 10. The Labute approximate surface area is 185 Å². The van der Waals surface area contributed by atoms with E-state index in [1.165, 1.54) is 11.3 Å². The molecular formula is C22H27N5O3S. The van der Waals surface area contributed by atoms with E-state index in [4.69, 9.17) is 4.74 Å². The van der Waals surface area contributed by atoms with Crippen LogP contribution in [0, 0.1) is 5.92 Å². The molecule has 2 heterocycles. The van der Waals surface area contributed by atoms with Crippen LogP contribution in [0.15, 0.2) is 41.9 Å². The quantitative estimate of drug-likeness (QED) is 0.445. The number of benzene rings is 1. The van der Waals surface area contributed by atoms with Gasteiger partial charge >= 0.3 is 0 Å². The highest BCUT2D eigenvalue weighted by Crippen LogP contribution is 2.26. The fourth-order valence-electron chi connectivity index (χ4n) is 3.04. The number of nitrogens with zero attached hydrogens (tertiary/aromatic N) is 2. The van der Waals surface area contributed by atoms with E-state index in [1.807, 2.05) is 50.4 Å². The van der Waals surface area contributed by atoms with Crippen LogP contribution in [0.5, 0.6) is 5.75 Å². The van der Waals surface area contributed by atoms with Crippen LogP contribution < -0.4 is 15.4 Å². The zero-order valence-corrected chi connectivity index (χ0v) is 18.7. The lowest BCUT2D eigenvalue weighted by Gasteiger charge is -2.19. The SMILES string of the molecule is CCOc1ccc(-c2nc(CC(=O)NC(CC(C)C)C(=O)Nc3ccn[nH]3)cs2)cc1. The number of anilines is 1. The summed E-state index contributed by atoms with van der Waals surface area (Å²) in [6.45, 7) is 6.57. The number of nitrogens with one attached hydrogen (secondary N) is 3. The van der Waals surface area contributed by atoms with Gasteiger partial charge in [0.15, 0.2) is 0 Å². The number of aromatic nitrogens is 3. The summed E-state index contributed by atoms with van der Waals surface area (Å²) < 4.78 is 5.46. The van der Waals surface area contributed by atoms with Crippen LogP contribution in [0.3, 0.4) is 0 Å². The molecular weight excluding hydrogens is 414 g/mol. The van der Waals surface area contributed by atoms with Crippen molar-refractivity contribution in [3.05, 3.63) is 47.6 Å². The van der Waals surface area contributed by atoms with Crippen molar-refractivity contribution < 1.29 is 14.3 Å². The predicted octanol–water partition coefficient (Wildman–Crippen LogP) is 3.64. The van der Waals surface area contributed by atoms with Crippen LogP contribution in [-0.4, -0.2) is 39.6 Å². The largest absolute Gasteiger partial charge is 0.494 e. The van der Waals surface area contributed by atoms with Crippen molar-refractivity contribution in [2.45, 2.75) is 39.7 Å². The van der Waals surface area contributed by atoms with E-state index in [0.717, 1.165) is 16.3 Å². The van der Waals surface area contributed by atoms with Gasteiger partial charge in [-0.15, -0.1) is 11.3 Å². The second kappa shape index (κ2) is 10.7. The van der Waals surface area contributed by atoms with Crippen LogP contribution in [0.2, 0.25) is 0 Å². The van der Waals surface area contributed by atoms with Gasteiger partial charge in [0.2, 0.25) is 11.8 Å². The lowest BCUT2D eigenvalue weighted by molar-refractivity contribution is -0.126. The fourth-order valence-corrected chi connectivity index (χ4v) is 3.87. The summed E-state index contributed by atoms with van der Waals surface area (Å²) in [5.41, 5.74) is 1.64. The van der Waals surface area contributed by atoms with Gasteiger partial charge in [0, 0.05) is 17.0 Å². The lowest BCUT2D eigenvalue weighted by Crippen LogP contribution is -2.45. The molecule has 0 aliphatic rings. The van der Waals surface area contributed by atoms with Crippen LogP contribution in [0.1, 0.15) is 32.9 Å². The maximum Gasteiger partial charge on any atom is 0.248 e. The Bertz CT molecular complexity index is 983. The Hall–Kier alpha value is -3.20. The molecule has 0 saturated heterocycles. The first-order chi connectivity index (χ1) is 14.9. The van der Waals surface area contributed by atoms with E-state index in [0.29, 0.717) is 24.5 Å². The summed E-state index contributed by atoms with van der Waals surface area (Å²) in [6.07, 6.45) is 2.19. The number of hydrogen-bond acceptors (Lipinski definition) is 6. The zero-order chi connectivity index (χ0) is 22.2. The summed E-state index contributed by atoms with van der Waals surface area (Å²) in [4.78, 5) is 29.8. The Morgan fingerprint density at radius 3 is 2.61 bits per heavy atom. The standard InChI is InChI=1S/C22H27N5O3S/c1-4-30-17-7-5-15(6-8-17)22-24-16(13-31-22)12-20(28)25-18(11-14(2)3)21(29)26-19-9-10-23-27-19/h5-10,13-14,18H,4,11-12H2,1-3H3,(H,25,28)(H2,23,26,27,29). The molecule has 0 saturated carbocycles. The molecule has 3 rings (SSSR count). The van der Waals surface area contributed by atoms with Gasteiger partial charge in [-0.05, 0) is 43.5 Å². The molecule has 1 aromatic carbocycles. The molecule has 164 valence electrons. The molecule has 31 heavy (non-hydrogen) atoms. The van der Waals surface area contributed by atoms with Gasteiger partial charge in [-0.3, -0.25) is 14.7 Å². The predicted molar refractivity (Wildman–Crippen MR) is 121 cm³/mol. The monoisotopic (exact) mass is 441 g/mol. The van der Waals surface area contributed by atoms with E-state index in [2.05, 4.69) is 25.8 Å². The third kappa shape index (κ3) is 6.65. The van der Waals surface area contributed by atoms with E-state index in [-0.39, 0.29) is 24.2 Å². The van der Waals surface area contributed by atoms with Crippen LogP contribution in [0.4, 0.5) is 5.82 Å². The first-order valence-electron chi connectivity index (χ1n) is 10.2. The first kappa shape index (κ1) is 22.5. The third-order valence-electron chi connectivity index (χ3n) is 4.42. The number of hydrogen-bond donors (Lipinski definition) is 3. The molecule has 0 aliphatic heterocycles. The smallest absolute Gasteiger partial charge is 0.248 e. The van der Waals surface area contributed by atoms with E-state index in [9.17, 15) is 9.59 Å². The summed E-state index contributed by atoms with van der Waals surface area (Å²) >= 11 is 1.48. The number of aromatic amines is 1. The first-order valence-corrected chi connectivity index (χ1v) is 11.1. The minimum Gasteiger partial charge on any atom is -0.494 e. The van der Waals surface area contributed by atoms with Crippen molar-refractivity contribution in [2.75, 3.05) is 11.9 Å². The number of amides is 2. The molecule has 0 fully saturated rings. The van der Waals surface area contributed by atoms with Gasteiger partial charge in [0.05, 0.1) is 24.9 Å². The molecule has 2 amide bonds. The lowest BCUT2D eigenvalue weighted by atomic mass is 10.0. The molecule has 1 atom stereocenters. The Kier molecular flexibility index (Phi) is 7.77. The van der Waals surface area contributed by atoms with Crippen LogP contribution in [-0.2, 0) is 16.0 Å². The van der Waals surface area contributed by atoms with Crippen molar-refractivity contribution in [2.24, 2.45) is 5.92 Å². The summed E-state index contributed by atoms with van der Waals surface area (Å²) in [7, 11) is 0. The minimum absolute atomic E-state index is 0.111. The number of carbonyl (C=O) groups excluding carboxylic acids is 2. The van der Waals surface area contributed by atoms with Crippen LogP contribution in [0.25, 0.3) is 10.6 Å². The number of thiazole rings is 1. The maximum absolute atomic E-state index is 12.6. The maximum atomic E-state index is 12.6. The molecule has 3 aromatic rings. The molecule has 1 unspecified atom stereocenters. The van der Waals surface area contributed by atoms with Crippen molar-refractivity contribution in [3.8, 4) is 16.3 Å². The zero-order valence-electron chi connectivity index (χ0n) is 17.8.